The molecule has 1 aliphatic heterocycles. The third kappa shape index (κ3) is 3.40. The largest absolute Gasteiger partial charge is 0.391 e. The van der Waals surface area contributed by atoms with E-state index in [-0.39, 0.29) is 11.7 Å². The molecule has 1 N–H and O–H groups in total. The number of nitrogens with zero attached hydrogens (tertiary/aromatic N) is 3. The number of carbonyl (C=O) groups is 1. The molecule has 1 amide bonds. The van der Waals surface area contributed by atoms with E-state index in [0.29, 0.717) is 18.7 Å². The lowest BCUT2D eigenvalue weighted by Crippen LogP contribution is -2.42. The molecule has 3 aromatic rings. The number of anilines is 2. The first kappa shape index (κ1) is 17.5. The van der Waals surface area contributed by atoms with Gasteiger partial charge in [-0.05, 0) is 61.4 Å². The summed E-state index contributed by atoms with van der Waals surface area (Å²) in [6.45, 7) is 1.05. The van der Waals surface area contributed by atoms with E-state index in [1.807, 2.05) is 46.8 Å². The topological polar surface area (TPSA) is 48.2 Å². The Morgan fingerprint density at radius 2 is 1.89 bits per heavy atom. The van der Waals surface area contributed by atoms with E-state index >= 15 is 0 Å². The van der Waals surface area contributed by atoms with Crippen LogP contribution >= 0.6 is 0 Å². The van der Waals surface area contributed by atoms with Gasteiger partial charge >= 0.3 is 0 Å². The molecular formula is C21H22FN3O2. The minimum atomic E-state index is -0.446. The van der Waals surface area contributed by atoms with Crippen LogP contribution in [0.2, 0.25) is 0 Å². The molecule has 27 heavy (non-hydrogen) atoms. The number of hydrogen-bond donors (Lipinski definition) is 1. The number of aromatic nitrogens is 1. The number of aliphatic hydroxyl groups excluding tert-OH is 1. The van der Waals surface area contributed by atoms with Gasteiger partial charge in [0.1, 0.15) is 11.6 Å². The predicted molar refractivity (Wildman–Crippen MR) is 103 cm³/mol. The third-order valence-electron chi connectivity index (χ3n) is 5.12. The van der Waals surface area contributed by atoms with Gasteiger partial charge in [-0.15, -0.1) is 0 Å². The molecule has 1 atom stereocenters. The van der Waals surface area contributed by atoms with E-state index < -0.39 is 6.10 Å². The van der Waals surface area contributed by atoms with Gasteiger partial charge in [0.25, 0.3) is 5.91 Å². The zero-order valence-electron chi connectivity index (χ0n) is 15.2. The molecular weight excluding hydrogens is 345 g/mol. The molecule has 0 spiro atoms. The summed E-state index contributed by atoms with van der Waals surface area (Å²) >= 11 is 0. The normalized spacial score (nSPS) is 17.3. The van der Waals surface area contributed by atoms with Gasteiger partial charge in [0, 0.05) is 37.5 Å². The predicted octanol–water partition coefficient (Wildman–Crippen LogP) is 3.44. The fraction of sp³-hybridized carbons (Fsp3) is 0.286. The second-order valence-corrected chi connectivity index (χ2v) is 6.99. The second kappa shape index (κ2) is 7.04. The molecule has 140 valence electrons. The number of pyridine rings is 1. The Morgan fingerprint density at radius 3 is 2.63 bits per heavy atom. The van der Waals surface area contributed by atoms with Crippen LogP contribution in [0.1, 0.15) is 23.2 Å². The molecule has 1 saturated heterocycles. The molecule has 5 nitrogen and oxygen atoms in total. The Morgan fingerprint density at radius 1 is 1.15 bits per heavy atom. The highest BCUT2D eigenvalue weighted by atomic mass is 19.1. The number of hydrogen-bond acceptors (Lipinski definition) is 3. The van der Waals surface area contributed by atoms with Gasteiger partial charge in [-0.2, -0.15) is 0 Å². The molecule has 3 heterocycles. The van der Waals surface area contributed by atoms with Crippen LogP contribution in [-0.2, 0) is 0 Å². The number of carbonyl (C=O) groups excluding carboxylic acids is 1. The van der Waals surface area contributed by atoms with Crippen LogP contribution in [0.4, 0.5) is 15.9 Å². The van der Waals surface area contributed by atoms with E-state index in [4.69, 9.17) is 0 Å². The Labute approximate surface area is 157 Å². The third-order valence-corrected chi connectivity index (χ3v) is 5.12. The van der Waals surface area contributed by atoms with Crippen molar-refractivity contribution in [1.82, 2.24) is 9.30 Å². The Bertz CT molecular complexity index is 967. The number of piperidine rings is 1. The summed E-state index contributed by atoms with van der Waals surface area (Å²) in [6.07, 6.45) is 2.94. The minimum Gasteiger partial charge on any atom is -0.391 e. The summed E-state index contributed by atoms with van der Waals surface area (Å²) in [4.78, 5) is 16.5. The highest BCUT2D eigenvalue weighted by molar-refractivity contribution is 5.94. The van der Waals surface area contributed by atoms with Crippen molar-refractivity contribution in [2.24, 2.45) is 0 Å². The van der Waals surface area contributed by atoms with Crippen molar-refractivity contribution < 1.29 is 14.3 Å². The molecule has 0 radical (unpaired) electrons. The smallest absolute Gasteiger partial charge is 0.255 e. The molecule has 1 fully saturated rings. The van der Waals surface area contributed by atoms with Crippen LogP contribution in [0.15, 0.2) is 54.7 Å². The van der Waals surface area contributed by atoms with E-state index in [2.05, 4.69) is 0 Å². The first-order valence-electron chi connectivity index (χ1n) is 9.11. The molecule has 1 aromatic carbocycles. The number of β-amino-alcohol motifs (C(OH)–C–C–N with tert-alkyl or cyclic N) is 1. The van der Waals surface area contributed by atoms with Gasteiger partial charge in [-0.3, -0.25) is 4.79 Å². The SMILES string of the molecule is CN(c1ccc(F)cc1)c1ccc2ccc(C(=O)N3CCCC(O)C3)cn12. The van der Waals surface area contributed by atoms with E-state index in [9.17, 15) is 14.3 Å². The fourth-order valence-corrected chi connectivity index (χ4v) is 3.61. The van der Waals surface area contributed by atoms with Gasteiger partial charge in [-0.1, -0.05) is 0 Å². The highest BCUT2D eigenvalue weighted by Gasteiger charge is 2.23. The van der Waals surface area contributed by atoms with Crippen LogP contribution < -0.4 is 4.90 Å². The molecule has 0 bridgehead atoms. The highest BCUT2D eigenvalue weighted by Crippen LogP contribution is 2.27. The number of benzene rings is 1. The molecule has 4 rings (SSSR count). The van der Waals surface area contributed by atoms with Crippen molar-refractivity contribution >= 4 is 22.9 Å². The standard InChI is InChI=1S/C21H22FN3O2/c1-23(17-8-5-16(22)6-9-17)20-11-10-18-7-4-15(13-25(18)20)21(27)24-12-2-3-19(26)14-24/h4-11,13,19,26H,2-3,12,14H2,1H3. The van der Waals surface area contributed by atoms with E-state index in [1.54, 1.807) is 17.0 Å². The average Bonchev–Trinajstić information content (AvgIpc) is 3.10. The molecule has 6 heteroatoms. The first-order valence-corrected chi connectivity index (χ1v) is 9.11. The lowest BCUT2D eigenvalue weighted by Gasteiger charge is -2.30. The van der Waals surface area contributed by atoms with Gasteiger partial charge in [0.05, 0.1) is 11.7 Å². The molecule has 2 aromatic heterocycles. The number of fused-ring (bicyclic) bond motifs is 1. The zero-order valence-corrected chi connectivity index (χ0v) is 15.2. The summed E-state index contributed by atoms with van der Waals surface area (Å²) in [6, 6.07) is 14.0. The summed E-state index contributed by atoms with van der Waals surface area (Å²) in [5.41, 5.74) is 2.41. The van der Waals surface area contributed by atoms with Gasteiger partial charge in [-0.25, -0.2) is 4.39 Å². The Kier molecular flexibility index (Phi) is 4.58. The Hall–Kier alpha value is -2.86. The van der Waals surface area contributed by atoms with Crippen molar-refractivity contribution in [3.05, 3.63) is 66.1 Å². The first-order chi connectivity index (χ1) is 13.0. The van der Waals surface area contributed by atoms with E-state index in [1.165, 1.54) is 12.1 Å². The summed E-state index contributed by atoms with van der Waals surface area (Å²) in [7, 11) is 1.91. The minimum absolute atomic E-state index is 0.0697. The summed E-state index contributed by atoms with van der Waals surface area (Å²) in [5.74, 6) is 0.536. The molecule has 0 saturated carbocycles. The maximum absolute atomic E-state index is 13.2. The average molecular weight is 367 g/mol. The van der Waals surface area contributed by atoms with Gasteiger partial charge in [0.2, 0.25) is 0 Å². The van der Waals surface area contributed by atoms with Gasteiger partial charge in [0.15, 0.2) is 0 Å². The second-order valence-electron chi connectivity index (χ2n) is 6.99. The number of aliphatic hydroxyl groups is 1. The van der Waals surface area contributed by atoms with Crippen molar-refractivity contribution in [1.29, 1.82) is 0 Å². The van der Waals surface area contributed by atoms with Crippen LogP contribution in [0, 0.1) is 5.82 Å². The molecule has 1 aliphatic rings. The number of amides is 1. The van der Waals surface area contributed by atoms with Crippen LogP contribution in [0.25, 0.3) is 5.52 Å². The number of likely N-dealkylation sites (tertiary alicyclic amines) is 1. The number of halogens is 1. The number of rotatable bonds is 3. The monoisotopic (exact) mass is 367 g/mol. The maximum Gasteiger partial charge on any atom is 0.255 e. The lowest BCUT2D eigenvalue weighted by atomic mass is 10.1. The van der Waals surface area contributed by atoms with Crippen molar-refractivity contribution in [3.63, 3.8) is 0 Å². The molecule has 1 unspecified atom stereocenters. The van der Waals surface area contributed by atoms with Crippen molar-refractivity contribution in [3.8, 4) is 0 Å². The summed E-state index contributed by atoms with van der Waals surface area (Å²) in [5, 5.41) is 9.84. The van der Waals surface area contributed by atoms with Crippen LogP contribution in [0.3, 0.4) is 0 Å². The Balaban J connectivity index is 1.66. The zero-order chi connectivity index (χ0) is 19.0. The summed E-state index contributed by atoms with van der Waals surface area (Å²) < 4.78 is 15.2. The van der Waals surface area contributed by atoms with Crippen molar-refractivity contribution in [2.75, 3.05) is 25.0 Å². The molecule has 0 aliphatic carbocycles. The van der Waals surface area contributed by atoms with Crippen LogP contribution in [-0.4, -0.2) is 46.6 Å². The fourth-order valence-electron chi connectivity index (χ4n) is 3.61. The van der Waals surface area contributed by atoms with Crippen LogP contribution in [0.5, 0.6) is 0 Å². The quantitative estimate of drug-likeness (QED) is 0.771. The van der Waals surface area contributed by atoms with Crippen molar-refractivity contribution in [2.45, 2.75) is 18.9 Å². The lowest BCUT2D eigenvalue weighted by molar-refractivity contribution is 0.0473. The van der Waals surface area contributed by atoms with Gasteiger partial charge < -0.3 is 19.3 Å². The maximum atomic E-state index is 13.2. The van der Waals surface area contributed by atoms with E-state index in [0.717, 1.165) is 29.9 Å².